The molecule has 0 N–H and O–H groups in total. The second-order valence-corrected chi connectivity index (χ2v) is 7.07. The molecular weight excluding hydrogens is 322 g/mol. The van der Waals surface area contributed by atoms with Crippen molar-refractivity contribution in [3.05, 3.63) is 66.4 Å². The molecule has 1 aliphatic heterocycles. The summed E-state index contributed by atoms with van der Waals surface area (Å²) in [5, 5.41) is 0. The highest BCUT2D eigenvalue weighted by Gasteiger charge is 2.29. The number of hydrogen-bond donors (Lipinski definition) is 0. The Bertz CT molecular complexity index is 764. The van der Waals surface area contributed by atoms with Crippen molar-refractivity contribution < 1.29 is 4.79 Å². The molecule has 26 heavy (non-hydrogen) atoms. The number of allylic oxidation sites excluding steroid dienone is 2. The Morgan fingerprint density at radius 1 is 0.962 bits per heavy atom. The molecule has 1 aromatic heterocycles. The number of nitrogens with zero attached hydrogens (tertiary/aromatic N) is 3. The molecule has 1 aromatic carbocycles. The molecule has 1 saturated heterocycles. The van der Waals surface area contributed by atoms with E-state index in [9.17, 15) is 4.79 Å². The zero-order chi connectivity index (χ0) is 17.8. The number of benzene rings is 1. The van der Waals surface area contributed by atoms with Crippen molar-refractivity contribution in [2.45, 2.75) is 19.3 Å². The Kier molecular flexibility index (Phi) is 5.00. The number of pyridine rings is 1. The van der Waals surface area contributed by atoms with Gasteiger partial charge < -0.3 is 9.80 Å². The fourth-order valence-corrected chi connectivity index (χ4v) is 3.96. The molecule has 1 fully saturated rings. The zero-order valence-electron chi connectivity index (χ0n) is 15.1. The number of carbonyl (C=O) groups is 1. The lowest BCUT2D eigenvalue weighted by Crippen LogP contribution is -2.50. The number of aromatic nitrogens is 1. The van der Waals surface area contributed by atoms with E-state index in [0.29, 0.717) is 5.91 Å². The van der Waals surface area contributed by atoms with Crippen molar-refractivity contribution in [1.82, 2.24) is 9.88 Å². The van der Waals surface area contributed by atoms with E-state index < -0.39 is 0 Å². The van der Waals surface area contributed by atoms with Crippen LogP contribution in [0.5, 0.6) is 0 Å². The van der Waals surface area contributed by atoms with Crippen LogP contribution < -0.4 is 4.90 Å². The average Bonchev–Trinajstić information content (AvgIpc) is 2.75. The van der Waals surface area contributed by atoms with Gasteiger partial charge in [0, 0.05) is 38.3 Å². The Morgan fingerprint density at radius 3 is 2.46 bits per heavy atom. The molecule has 0 radical (unpaired) electrons. The van der Waals surface area contributed by atoms with Gasteiger partial charge in [-0.3, -0.25) is 4.79 Å². The van der Waals surface area contributed by atoms with Gasteiger partial charge in [-0.2, -0.15) is 0 Å². The Labute approximate surface area is 155 Å². The Morgan fingerprint density at radius 2 is 1.73 bits per heavy atom. The van der Waals surface area contributed by atoms with Crippen molar-refractivity contribution in [3.63, 3.8) is 0 Å². The number of carbonyl (C=O) groups excluding carboxylic acids is 1. The maximum Gasteiger partial charge on any atom is 0.226 e. The summed E-state index contributed by atoms with van der Waals surface area (Å²) in [7, 11) is 0. The third-order valence-electron chi connectivity index (χ3n) is 5.43. The summed E-state index contributed by atoms with van der Waals surface area (Å²) in [6.07, 6.45) is 6.96. The van der Waals surface area contributed by atoms with E-state index in [1.165, 1.54) is 11.1 Å². The van der Waals surface area contributed by atoms with Crippen LogP contribution in [0.1, 0.15) is 24.8 Å². The minimum atomic E-state index is 0.122. The molecule has 1 aliphatic carbocycles. The first-order chi connectivity index (χ1) is 12.8. The molecule has 4 nitrogen and oxygen atoms in total. The number of hydrogen-bond acceptors (Lipinski definition) is 3. The molecule has 1 unspecified atom stereocenters. The molecule has 2 heterocycles. The highest BCUT2D eigenvalue weighted by molar-refractivity contribution is 5.82. The Hall–Kier alpha value is -2.62. The van der Waals surface area contributed by atoms with Gasteiger partial charge in [0.1, 0.15) is 5.82 Å². The van der Waals surface area contributed by atoms with Crippen LogP contribution in [0, 0.1) is 5.92 Å². The first-order valence-electron chi connectivity index (χ1n) is 9.50. The highest BCUT2D eigenvalue weighted by Crippen LogP contribution is 2.32. The Balaban J connectivity index is 1.36. The molecule has 0 bridgehead atoms. The van der Waals surface area contributed by atoms with Gasteiger partial charge in [-0.25, -0.2) is 4.98 Å². The van der Waals surface area contributed by atoms with Crippen LogP contribution in [-0.2, 0) is 4.79 Å². The standard InChI is InChI=1S/C22H25N3O/c26-22(20-10-6-9-19(17-20)18-7-2-1-3-8-18)25-15-13-24(14-16-25)21-11-4-5-12-23-21/h1-5,7-9,11-12,20H,6,10,13-17H2. The van der Waals surface area contributed by atoms with Crippen LogP contribution in [0.3, 0.4) is 0 Å². The number of piperazine rings is 1. The van der Waals surface area contributed by atoms with Crippen LogP contribution in [0.4, 0.5) is 5.82 Å². The van der Waals surface area contributed by atoms with Gasteiger partial charge in [0.15, 0.2) is 0 Å². The molecule has 1 amide bonds. The summed E-state index contributed by atoms with van der Waals surface area (Å²) in [6, 6.07) is 16.4. The predicted octanol–water partition coefficient (Wildman–Crippen LogP) is 3.61. The van der Waals surface area contributed by atoms with E-state index in [1.54, 1.807) is 0 Å². The smallest absolute Gasteiger partial charge is 0.226 e. The van der Waals surface area contributed by atoms with E-state index >= 15 is 0 Å². The molecule has 1 atom stereocenters. The van der Waals surface area contributed by atoms with Gasteiger partial charge in [-0.05, 0) is 42.5 Å². The quantitative estimate of drug-likeness (QED) is 0.851. The van der Waals surface area contributed by atoms with E-state index in [2.05, 4.69) is 45.1 Å². The predicted molar refractivity (Wildman–Crippen MR) is 105 cm³/mol. The van der Waals surface area contributed by atoms with Crippen molar-refractivity contribution in [2.75, 3.05) is 31.1 Å². The molecule has 134 valence electrons. The normalized spacial score (nSPS) is 20.6. The van der Waals surface area contributed by atoms with Gasteiger partial charge in [0.25, 0.3) is 0 Å². The van der Waals surface area contributed by atoms with Crippen molar-refractivity contribution in [2.24, 2.45) is 5.92 Å². The van der Waals surface area contributed by atoms with Crippen LogP contribution in [0.25, 0.3) is 5.57 Å². The zero-order valence-corrected chi connectivity index (χ0v) is 15.1. The van der Waals surface area contributed by atoms with Crippen molar-refractivity contribution >= 4 is 17.3 Å². The lowest BCUT2D eigenvalue weighted by Gasteiger charge is -2.37. The minimum Gasteiger partial charge on any atom is -0.353 e. The third kappa shape index (κ3) is 3.64. The second-order valence-electron chi connectivity index (χ2n) is 7.07. The molecule has 4 heteroatoms. The fraction of sp³-hybridized carbons (Fsp3) is 0.364. The van der Waals surface area contributed by atoms with Crippen LogP contribution >= 0.6 is 0 Å². The summed E-state index contributed by atoms with van der Waals surface area (Å²) in [6.45, 7) is 3.29. The molecule has 0 spiro atoms. The topological polar surface area (TPSA) is 36.4 Å². The van der Waals surface area contributed by atoms with E-state index in [1.807, 2.05) is 30.5 Å². The van der Waals surface area contributed by atoms with E-state index in [-0.39, 0.29) is 5.92 Å². The first-order valence-corrected chi connectivity index (χ1v) is 9.50. The molecule has 0 saturated carbocycles. The maximum absolute atomic E-state index is 13.0. The monoisotopic (exact) mass is 347 g/mol. The lowest BCUT2D eigenvalue weighted by molar-refractivity contribution is -0.136. The molecule has 2 aromatic rings. The summed E-state index contributed by atoms with van der Waals surface area (Å²) in [5.41, 5.74) is 2.58. The summed E-state index contributed by atoms with van der Waals surface area (Å²) < 4.78 is 0. The van der Waals surface area contributed by atoms with Crippen LogP contribution in [-0.4, -0.2) is 42.0 Å². The number of amides is 1. The summed E-state index contributed by atoms with van der Waals surface area (Å²) in [4.78, 5) is 21.8. The number of rotatable bonds is 3. The van der Waals surface area contributed by atoms with Gasteiger partial charge in [0.2, 0.25) is 5.91 Å². The molecule has 4 rings (SSSR count). The SMILES string of the molecule is O=C(C1CCC=C(c2ccccc2)C1)N1CCN(c2ccccn2)CC1. The van der Waals surface area contributed by atoms with E-state index in [4.69, 9.17) is 0 Å². The second kappa shape index (κ2) is 7.73. The van der Waals surface area contributed by atoms with Gasteiger partial charge in [-0.15, -0.1) is 0 Å². The number of anilines is 1. The highest BCUT2D eigenvalue weighted by atomic mass is 16.2. The average molecular weight is 347 g/mol. The molecule has 2 aliphatic rings. The van der Waals surface area contributed by atoms with Crippen molar-refractivity contribution in [3.8, 4) is 0 Å². The third-order valence-corrected chi connectivity index (χ3v) is 5.43. The summed E-state index contributed by atoms with van der Waals surface area (Å²) in [5.74, 6) is 1.45. The van der Waals surface area contributed by atoms with Gasteiger partial charge in [0.05, 0.1) is 0 Å². The van der Waals surface area contributed by atoms with Crippen molar-refractivity contribution in [1.29, 1.82) is 0 Å². The molecular formula is C22H25N3O. The minimum absolute atomic E-state index is 0.122. The van der Waals surface area contributed by atoms with Gasteiger partial charge >= 0.3 is 0 Å². The summed E-state index contributed by atoms with van der Waals surface area (Å²) >= 11 is 0. The fourth-order valence-electron chi connectivity index (χ4n) is 3.96. The van der Waals surface area contributed by atoms with Crippen LogP contribution in [0.15, 0.2) is 60.8 Å². The first kappa shape index (κ1) is 16.8. The largest absolute Gasteiger partial charge is 0.353 e. The van der Waals surface area contributed by atoms with Gasteiger partial charge in [-0.1, -0.05) is 42.5 Å². The maximum atomic E-state index is 13.0. The lowest BCUT2D eigenvalue weighted by atomic mass is 9.84. The van der Waals surface area contributed by atoms with Crippen LogP contribution in [0.2, 0.25) is 0 Å². The van der Waals surface area contributed by atoms with E-state index in [0.717, 1.165) is 51.3 Å².